The van der Waals surface area contributed by atoms with E-state index in [-0.39, 0.29) is 5.91 Å². The number of hydrogen-bond acceptors (Lipinski definition) is 2. The molecule has 0 spiro atoms. The van der Waals surface area contributed by atoms with E-state index in [9.17, 15) is 4.79 Å². The van der Waals surface area contributed by atoms with Crippen molar-refractivity contribution in [2.24, 2.45) is 4.99 Å². The molecule has 2 aromatic carbocycles. The molecule has 0 bridgehead atoms. The third-order valence-electron chi connectivity index (χ3n) is 4.06. The van der Waals surface area contributed by atoms with Gasteiger partial charge in [-0.1, -0.05) is 40.6 Å². The summed E-state index contributed by atoms with van der Waals surface area (Å²) in [7, 11) is 0. The summed E-state index contributed by atoms with van der Waals surface area (Å²) in [6, 6.07) is 9.67. The van der Waals surface area contributed by atoms with Gasteiger partial charge in [0.1, 0.15) is 0 Å². The number of aryl methyl sites for hydroxylation is 4. The van der Waals surface area contributed by atoms with Crippen LogP contribution in [0.5, 0.6) is 0 Å². The number of rotatable bonds is 2. The Labute approximate surface area is 150 Å². The summed E-state index contributed by atoms with van der Waals surface area (Å²) in [5.41, 5.74) is 4.93. The van der Waals surface area contributed by atoms with E-state index in [0.717, 1.165) is 33.5 Å². The smallest absolute Gasteiger partial charge is 0.279 e. The number of amides is 1. The van der Waals surface area contributed by atoms with Gasteiger partial charge in [-0.25, -0.2) is 0 Å². The maximum absolute atomic E-state index is 12.6. The summed E-state index contributed by atoms with van der Waals surface area (Å²) >= 11 is 7.67. The summed E-state index contributed by atoms with van der Waals surface area (Å²) in [6.07, 6.45) is 0. The average Bonchev–Trinajstić information content (AvgIpc) is 2.84. The highest BCUT2D eigenvalue weighted by atomic mass is 35.5. The molecule has 1 heterocycles. The Morgan fingerprint density at radius 3 is 2.58 bits per heavy atom. The maximum atomic E-state index is 12.6. The fraction of sp³-hybridized carbons (Fsp3) is 0.263. The Morgan fingerprint density at radius 2 is 1.92 bits per heavy atom. The minimum atomic E-state index is -0.204. The maximum Gasteiger partial charge on any atom is 0.279 e. The third-order valence-corrected chi connectivity index (χ3v) is 5.30. The van der Waals surface area contributed by atoms with Gasteiger partial charge in [-0.05, 0) is 57.0 Å². The topological polar surface area (TPSA) is 34.4 Å². The third kappa shape index (κ3) is 3.04. The molecule has 24 heavy (non-hydrogen) atoms. The summed E-state index contributed by atoms with van der Waals surface area (Å²) < 4.78 is 3.13. The summed E-state index contributed by atoms with van der Waals surface area (Å²) in [5.74, 6) is -0.204. The first kappa shape index (κ1) is 16.9. The van der Waals surface area contributed by atoms with Crippen LogP contribution in [0.25, 0.3) is 10.2 Å². The first-order chi connectivity index (χ1) is 11.4. The van der Waals surface area contributed by atoms with E-state index < -0.39 is 0 Å². The van der Waals surface area contributed by atoms with Crippen LogP contribution < -0.4 is 4.80 Å². The van der Waals surface area contributed by atoms with Gasteiger partial charge in [0.2, 0.25) is 0 Å². The molecule has 5 heteroatoms. The molecule has 3 aromatic rings. The minimum absolute atomic E-state index is 0.204. The largest absolute Gasteiger partial charge is 0.316 e. The zero-order valence-electron chi connectivity index (χ0n) is 14.2. The van der Waals surface area contributed by atoms with Gasteiger partial charge in [-0.2, -0.15) is 4.99 Å². The predicted octanol–water partition coefficient (Wildman–Crippen LogP) is 5.04. The number of hydrogen-bond donors (Lipinski definition) is 0. The van der Waals surface area contributed by atoms with Crippen molar-refractivity contribution in [2.75, 3.05) is 0 Å². The highest BCUT2D eigenvalue weighted by Crippen LogP contribution is 2.26. The fourth-order valence-corrected chi connectivity index (χ4v) is 4.50. The Morgan fingerprint density at radius 1 is 1.17 bits per heavy atom. The SMILES string of the molecule is CCn1c(=NC(=O)c2ccc(C)cc2C)sc2cc(Cl)cc(C)c21. The number of aromatic nitrogens is 1. The second-order valence-electron chi connectivity index (χ2n) is 5.93. The van der Waals surface area contributed by atoms with Gasteiger partial charge in [0.15, 0.2) is 4.80 Å². The average molecular weight is 359 g/mol. The van der Waals surface area contributed by atoms with Crippen LogP contribution in [-0.2, 0) is 6.54 Å². The van der Waals surface area contributed by atoms with Gasteiger partial charge in [0.05, 0.1) is 10.2 Å². The number of thiazole rings is 1. The second kappa shape index (κ2) is 6.54. The van der Waals surface area contributed by atoms with Crippen LogP contribution in [0.3, 0.4) is 0 Å². The number of halogens is 1. The van der Waals surface area contributed by atoms with Gasteiger partial charge in [0.25, 0.3) is 5.91 Å². The monoisotopic (exact) mass is 358 g/mol. The summed E-state index contributed by atoms with van der Waals surface area (Å²) in [6.45, 7) is 8.80. The molecule has 3 nitrogen and oxygen atoms in total. The molecular formula is C19H19ClN2OS. The molecule has 0 aliphatic carbocycles. The first-order valence-electron chi connectivity index (χ1n) is 7.86. The highest BCUT2D eigenvalue weighted by Gasteiger charge is 2.12. The van der Waals surface area contributed by atoms with E-state index in [2.05, 4.69) is 16.5 Å². The molecule has 0 aliphatic rings. The lowest BCUT2D eigenvalue weighted by Gasteiger charge is -2.05. The van der Waals surface area contributed by atoms with Crippen LogP contribution in [0.2, 0.25) is 5.02 Å². The second-order valence-corrected chi connectivity index (χ2v) is 7.38. The standard InChI is InChI=1S/C19H19ClN2OS/c1-5-22-17-13(4)9-14(20)10-16(17)24-19(22)21-18(23)15-7-6-11(2)8-12(15)3/h6-10H,5H2,1-4H3. The predicted molar refractivity (Wildman–Crippen MR) is 101 cm³/mol. The first-order valence-corrected chi connectivity index (χ1v) is 9.06. The van der Waals surface area contributed by atoms with Crippen molar-refractivity contribution in [3.8, 4) is 0 Å². The Balaban J connectivity index is 2.19. The zero-order valence-corrected chi connectivity index (χ0v) is 15.8. The van der Waals surface area contributed by atoms with Crippen molar-refractivity contribution >= 4 is 39.1 Å². The number of nitrogens with zero attached hydrogens (tertiary/aromatic N) is 2. The van der Waals surface area contributed by atoms with Crippen molar-refractivity contribution in [1.82, 2.24) is 4.57 Å². The molecule has 1 aromatic heterocycles. The summed E-state index contributed by atoms with van der Waals surface area (Å²) in [5, 5.41) is 0.705. The van der Waals surface area contributed by atoms with Crippen molar-refractivity contribution in [3.63, 3.8) is 0 Å². The van der Waals surface area contributed by atoms with Crippen LogP contribution in [0, 0.1) is 20.8 Å². The quantitative estimate of drug-likeness (QED) is 0.631. The lowest BCUT2D eigenvalue weighted by atomic mass is 10.1. The molecule has 0 aliphatic heterocycles. The molecule has 0 fully saturated rings. The van der Waals surface area contributed by atoms with Crippen molar-refractivity contribution in [3.05, 3.63) is 62.4 Å². The molecule has 0 saturated carbocycles. The van der Waals surface area contributed by atoms with Gasteiger partial charge in [-0.3, -0.25) is 4.79 Å². The van der Waals surface area contributed by atoms with Crippen molar-refractivity contribution < 1.29 is 4.79 Å². The van der Waals surface area contributed by atoms with Crippen LogP contribution in [-0.4, -0.2) is 10.5 Å². The lowest BCUT2D eigenvalue weighted by Crippen LogP contribution is -2.16. The Bertz CT molecular complexity index is 1010. The molecule has 124 valence electrons. The summed E-state index contributed by atoms with van der Waals surface area (Å²) in [4.78, 5) is 17.8. The molecule has 0 radical (unpaired) electrons. The normalized spacial score (nSPS) is 12.1. The fourth-order valence-electron chi connectivity index (χ4n) is 2.95. The molecule has 3 rings (SSSR count). The molecule has 1 amide bonds. The number of carbonyl (C=O) groups is 1. The van der Waals surface area contributed by atoms with Crippen LogP contribution >= 0.6 is 22.9 Å². The van der Waals surface area contributed by atoms with Crippen LogP contribution in [0.4, 0.5) is 0 Å². The molecular weight excluding hydrogens is 340 g/mol. The van der Waals surface area contributed by atoms with E-state index in [1.807, 2.05) is 51.1 Å². The van der Waals surface area contributed by atoms with E-state index in [1.165, 1.54) is 11.3 Å². The van der Waals surface area contributed by atoms with Gasteiger partial charge in [0, 0.05) is 17.1 Å². The van der Waals surface area contributed by atoms with E-state index >= 15 is 0 Å². The lowest BCUT2D eigenvalue weighted by molar-refractivity contribution is 0.0997. The molecule has 0 saturated heterocycles. The molecule has 0 N–H and O–H groups in total. The number of carbonyl (C=O) groups excluding carboxylic acids is 1. The van der Waals surface area contributed by atoms with Gasteiger partial charge < -0.3 is 4.57 Å². The minimum Gasteiger partial charge on any atom is -0.316 e. The molecule has 0 atom stereocenters. The number of fused-ring (bicyclic) bond motifs is 1. The van der Waals surface area contributed by atoms with Crippen molar-refractivity contribution in [1.29, 1.82) is 0 Å². The van der Waals surface area contributed by atoms with Gasteiger partial charge >= 0.3 is 0 Å². The molecule has 0 unspecified atom stereocenters. The van der Waals surface area contributed by atoms with E-state index in [4.69, 9.17) is 11.6 Å². The number of benzene rings is 2. The van der Waals surface area contributed by atoms with Crippen LogP contribution in [0.15, 0.2) is 35.3 Å². The zero-order chi connectivity index (χ0) is 17.4. The highest BCUT2D eigenvalue weighted by molar-refractivity contribution is 7.16. The van der Waals surface area contributed by atoms with Gasteiger partial charge in [-0.15, -0.1) is 0 Å². The Kier molecular flexibility index (Phi) is 4.61. The Hall–Kier alpha value is -1.91. The van der Waals surface area contributed by atoms with E-state index in [1.54, 1.807) is 0 Å². The van der Waals surface area contributed by atoms with Crippen LogP contribution in [0.1, 0.15) is 34.0 Å². The van der Waals surface area contributed by atoms with Crippen molar-refractivity contribution in [2.45, 2.75) is 34.2 Å². The van der Waals surface area contributed by atoms with E-state index in [0.29, 0.717) is 15.4 Å².